The van der Waals surface area contributed by atoms with Crippen LogP contribution in [0.3, 0.4) is 0 Å². The van der Waals surface area contributed by atoms with Crippen LogP contribution in [0.25, 0.3) is 0 Å². The van der Waals surface area contributed by atoms with Gasteiger partial charge < -0.3 is 15.1 Å². The van der Waals surface area contributed by atoms with Crippen LogP contribution >= 0.6 is 24.1 Å². The minimum Gasteiger partial charge on any atom is -0.339 e. The molecule has 0 radical (unpaired) electrons. The van der Waals surface area contributed by atoms with Crippen LogP contribution in [0.15, 0.2) is 6.20 Å². The fourth-order valence-corrected chi connectivity index (χ4v) is 2.15. The van der Waals surface area contributed by atoms with Crippen molar-refractivity contribution in [3.63, 3.8) is 0 Å². The zero-order valence-electron chi connectivity index (χ0n) is 10.5. The van der Waals surface area contributed by atoms with Crippen LogP contribution in [-0.4, -0.2) is 70.1 Å². The molecule has 0 aliphatic carbocycles. The molecule has 0 bridgehead atoms. The second-order valence-corrected chi connectivity index (χ2v) is 4.64. The summed E-state index contributed by atoms with van der Waals surface area (Å²) in [6.45, 7) is 3.08. The number of halogens is 1. The van der Waals surface area contributed by atoms with E-state index in [0.717, 1.165) is 24.8 Å². The monoisotopic (exact) mass is 305 g/mol. The fourth-order valence-electron chi connectivity index (χ4n) is 1.74. The Morgan fingerprint density at radius 3 is 2.74 bits per heavy atom. The number of nitrogens with one attached hydrogen (secondary N) is 1. The number of carbonyl (C=O) groups excluding carboxylic acids is 2. The van der Waals surface area contributed by atoms with Crippen LogP contribution in [0.4, 0.5) is 0 Å². The van der Waals surface area contributed by atoms with Crippen molar-refractivity contribution < 1.29 is 9.59 Å². The molecule has 1 aromatic heterocycles. The van der Waals surface area contributed by atoms with Gasteiger partial charge in [0.15, 0.2) is 5.69 Å². The lowest BCUT2D eigenvalue weighted by Crippen LogP contribution is -2.49. The lowest BCUT2D eigenvalue weighted by molar-refractivity contribution is -0.132. The Balaban J connectivity index is 0.00000180. The first-order valence-electron chi connectivity index (χ1n) is 5.70. The second-order valence-electron chi connectivity index (χ2n) is 4.08. The lowest BCUT2D eigenvalue weighted by Gasteiger charge is -2.29. The Bertz CT molecular complexity index is 422. The molecule has 1 aliphatic heterocycles. The molecule has 1 aromatic rings. The first kappa shape index (κ1) is 15.8. The Labute approximate surface area is 121 Å². The smallest absolute Gasteiger partial charge is 0.275 e. The summed E-state index contributed by atoms with van der Waals surface area (Å²) in [5, 5.41) is 3.18. The van der Waals surface area contributed by atoms with E-state index in [4.69, 9.17) is 0 Å². The molecular weight excluding hydrogens is 290 g/mol. The Morgan fingerprint density at radius 2 is 2.16 bits per heavy atom. The summed E-state index contributed by atoms with van der Waals surface area (Å²) in [5.41, 5.74) is 0.288. The molecule has 1 fully saturated rings. The van der Waals surface area contributed by atoms with Crippen LogP contribution in [0.5, 0.6) is 0 Å². The lowest BCUT2D eigenvalue weighted by atomic mass is 10.3. The first-order valence-corrected chi connectivity index (χ1v) is 6.43. The summed E-state index contributed by atoms with van der Waals surface area (Å²) in [6, 6.07) is 0. The highest BCUT2D eigenvalue weighted by Crippen LogP contribution is 2.02. The van der Waals surface area contributed by atoms with Gasteiger partial charge in [0, 0.05) is 33.2 Å². The van der Waals surface area contributed by atoms with E-state index in [1.165, 1.54) is 11.1 Å². The van der Waals surface area contributed by atoms with Crippen molar-refractivity contribution >= 4 is 35.9 Å². The van der Waals surface area contributed by atoms with Crippen molar-refractivity contribution in [2.24, 2.45) is 0 Å². The normalized spacial score (nSPS) is 14.7. The molecule has 0 aromatic carbocycles. The van der Waals surface area contributed by atoms with E-state index in [0.29, 0.717) is 13.1 Å². The third-order valence-electron chi connectivity index (χ3n) is 2.77. The standard InChI is InChI=1S/C10H15N5O2S.ClH/c1-14(10(17)8-6-12-18-13-8)7-9(16)15-4-2-11-3-5-15;/h6,11H,2-5,7H2,1H3;1H. The van der Waals surface area contributed by atoms with E-state index in [1.807, 2.05) is 0 Å². The molecule has 2 amide bonds. The van der Waals surface area contributed by atoms with Gasteiger partial charge in [0.25, 0.3) is 5.91 Å². The average molecular weight is 306 g/mol. The molecule has 0 spiro atoms. The topological polar surface area (TPSA) is 78.4 Å². The van der Waals surface area contributed by atoms with E-state index in [2.05, 4.69) is 14.1 Å². The largest absolute Gasteiger partial charge is 0.339 e. The van der Waals surface area contributed by atoms with Gasteiger partial charge in [-0.25, -0.2) is 0 Å². The molecule has 2 heterocycles. The zero-order valence-corrected chi connectivity index (χ0v) is 12.2. The van der Waals surface area contributed by atoms with Gasteiger partial charge in [-0.1, -0.05) is 0 Å². The molecule has 9 heteroatoms. The average Bonchev–Trinajstić information content (AvgIpc) is 2.92. The minimum atomic E-state index is -0.271. The second kappa shape index (κ2) is 7.37. The first-order chi connectivity index (χ1) is 8.68. The maximum atomic E-state index is 12.0. The summed E-state index contributed by atoms with van der Waals surface area (Å²) in [5.74, 6) is -0.303. The number of nitrogens with zero attached hydrogens (tertiary/aromatic N) is 4. The van der Waals surface area contributed by atoms with Crippen molar-refractivity contribution in [3.05, 3.63) is 11.9 Å². The van der Waals surface area contributed by atoms with Gasteiger partial charge in [0.05, 0.1) is 24.5 Å². The van der Waals surface area contributed by atoms with Gasteiger partial charge in [-0.15, -0.1) is 12.4 Å². The number of hydrogen-bond donors (Lipinski definition) is 1. The van der Waals surface area contributed by atoms with Crippen LogP contribution < -0.4 is 5.32 Å². The number of amides is 2. The molecular formula is C10H16ClN5O2S. The molecule has 7 nitrogen and oxygen atoms in total. The van der Waals surface area contributed by atoms with Crippen molar-refractivity contribution in [3.8, 4) is 0 Å². The van der Waals surface area contributed by atoms with E-state index < -0.39 is 0 Å². The summed E-state index contributed by atoms with van der Waals surface area (Å²) in [7, 11) is 1.60. The molecule has 1 N–H and O–H groups in total. The molecule has 0 unspecified atom stereocenters. The fraction of sp³-hybridized carbons (Fsp3) is 0.600. The molecule has 0 saturated carbocycles. The van der Waals surface area contributed by atoms with Crippen molar-refractivity contribution in [2.75, 3.05) is 39.8 Å². The highest BCUT2D eigenvalue weighted by Gasteiger charge is 2.21. The van der Waals surface area contributed by atoms with Gasteiger partial charge in [-0.3, -0.25) is 9.59 Å². The predicted octanol–water partition coefficient (Wildman–Crippen LogP) is -0.536. The van der Waals surface area contributed by atoms with Crippen molar-refractivity contribution in [1.29, 1.82) is 0 Å². The van der Waals surface area contributed by atoms with Gasteiger partial charge in [-0.2, -0.15) is 8.75 Å². The number of carbonyl (C=O) groups is 2. The van der Waals surface area contributed by atoms with E-state index in [9.17, 15) is 9.59 Å². The van der Waals surface area contributed by atoms with E-state index >= 15 is 0 Å². The summed E-state index contributed by atoms with van der Waals surface area (Å²) in [6.07, 6.45) is 1.42. The van der Waals surface area contributed by atoms with Gasteiger partial charge in [0.2, 0.25) is 5.91 Å². The number of rotatable bonds is 3. The molecule has 1 aliphatic rings. The molecule has 2 rings (SSSR count). The van der Waals surface area contributed by atoms with E-state index in [-0.39, 0.29) is 36.5 Å². The number of aromatic nitrogens is 2. The summed E-state index contributed by atoms with van der Waals surface area (Å²) >= 11 is 0.981. The number of likely N-dealkylation sites (N-methyl/N-ethyl adjacent to an activating group) is 1. The van der Waals surface area contributed by atoms with Gasteiger partial charge >= 0.3 is 0 Å². The van der Waals surface area contributed by atoms with Gasteiger partial charge in [-0.05, 0) is 0 Å². The van der Waals surface area contributed by atoms with E-state index in [1.54, 1.807) is 11.9 Å². The SMILES string of the molecule is CN(CC(=O)N1CCNCC1)C(=O)c1cnsn1.Cl. The van der Waals surface area contributed by atoms with Crippen LogP contribution in [0.1, 0.15) is 10.5 Å². The van der Waals surface area contributed by atoms with Gasteiger partial charge in [0.1, 0.15) is 0 Å². The molecule has 1 saturated heterocycles. The Kier molecular flexibility index (Phi) is 6.13. The third kappa shape index (κ3) is 4.12. The summed E-state index contributed by atoms with van der Waals surface area (Å²) < 4.78 is 7.64. The molecule has 106 valence electrons. The van der Waals surface area contributed by atoms with Crippen LogP contribution in [0, 0.1) is 0 Å². The minimum absolute atomic E-state index is 0. The Hall–Kier alpha value is -1.25. The van der Waals surface area contributed by atoms with Crippen LogP contribution in [-0.2, 0) is 4.79 Å². The molecule has 0 atom stereocenters. The predicted molar refractivity (Wildman–Crippen MR) is 73.6 cm³/mol. The quantitative estimate of drug-likeness (QED) is 0.812. The summed E-state index contributed by atoms with van der Waals surface area (Å²) in [4.78, 5) is 27.0. The van der Waals surface area contributed by atoms with Crippen molar-refractivity contribution in [2.45, 2.75) is 0 Å². The highest BCUT2D eigenvalue weighted by atomic mass is 35.5. The van der Waals surface area contributed by atoms with Crippen molar-refractivity contribution in [1.82, 2.24) is 23.9 Å². The zero-order chi connectivity index (χ0) is 13.0. The van der Waals surface area contributed by atoms with Crippen LogP contribution in [0.2, 0.25) is 0 Å². The molecule has 19 heavy (non-hydrogen) atoms. The Morgan fingerprint density at radius 1 is 1.47 bits per heavy atom. The third-order valence-corrected chi connectivity index (χ3v) is 3.25. The highest BCUT2D eigenvalue weighted by molar-refractivity contribution is 6.99. The maximum Gasteiger partial charge on any atom is 0.275 e. The number of piperazine rings is 1. The number of hydrogen-bond acceptors (Lipinski definition) is 6. The maximum absolute atomic E-state index is 12.0.